The van der Waals surface area contributed by atoms with E-state index in [2.05, 4.69) is 23.5 Å². The molecule has 0 atom stereocenters. The Morgan fingerprint density at radius 1 is 1.50 bits per heavy atom. The van der Waals surface area contributed by atoms with Crippen LogP contribution in [0.25, 0.3) is 0 Å². The molecule has 14 heavy (non-hydrogen) atoms. The molecule has 1 aromatic rings. The highest BCUT2D eigenvalue weighted by Crippen LogP contribution is 1.97. The van der Waals surface area contributed by atoms with Gasteiger partial charge in [0.1, 0.15) is 0 Å². The van der Waals surface area contributed by atoms with E-state index in [9.17, 15) is 0 Å². The van der Waals surface area contributed by atoms with Crippen molar-refractivity contribution >= 4 is 0 Å². The Bertz CT molecular complexity index is 247. The molecule has 0 fully saturated rings. The fourth-order valence-corrected chi connectivity index (χ4v) is 1.24. The number of ether oxygens (including phenoxy) is 1. The van der Waals surface area contributed by atoms with Crippen LogP contribution in [0.15, 0.2) is 12.4 Å². The number of methoxy groups -OCH3 is 1. The van der Waals surface area contributed by atoms with Crippen LogP contribution in [0.2, 0.25) is 0 Å². The van der Waals surface area contributed by atoms with E-state index < -0.39 is 0 Å². The summed E-state index contributed by atoms with van der Waals surface area (Å²) in [5.41, 5.74) is 1.29. The predicted molar refractivity (Wildman–Crippen MR) is 56.4 cm³/mol. The molecule has 4 heteroatoms. The van der Waals surface area contributed by atoms with Gasteiger partial charge in [0, 0.05) is 26.4 Å². The Hall–Kier alpha value is -0.870. The van der Waals surface area contributed by atoms with Crippen LogP contribution in [0.1, 0.15) is 12.5 Å². The van der Waals surface area contributed by atoms with Crippen molar-refractivity contribution in [1.29, 1.82) is 0 Å². The monoisotopic (exact) mass is 197 g/mol. The summed E-state index contributed by atoms with van der Waals surface area (Å²) in [6, 6.07) is 0. The van der Waals surface area contributed by atoms with E-state index in [1.165, 1.54) is 5.56 Å². The molecular formula is C10H19N3O. The molecule has 0 unspecified atom stereocenters. The van der Waals surface area contributed by atoms with Crippen LogP contribution in [-0.4, -0.2) is 36.6 Å². The molecule has 0 aromatic carbocycles. The molecule has 0 radical (unpaired) electrons. The lowest BCUT2D eigenvalue weighted by Crippen LogP contribution is -2.21. The highest BCUT2D eigenvalue weighted by Gasteiger charge is 1.96. The largest absolute Gasteiger partial charge is 0.383 e. The molecule has 1 aromatic heterocycles. The zero-order valence-corrected chi connectivity index (χ0v) is 8.99. The van der Waals surface area contributed by atoms with Crippen LogP contribution in [0.5, 0.6) is 0 Å². The Morgan fingerprint density at radius 2 is 2.36 bits per heavy atom. The molecule has 0 aliphatic carbocycles. The maximum Gasteiger partial charge on any atom is 0.0587 e. The van der Waals surface area contributed by atoms with Crippen molar-refractivity contribution in [3.63, 3.8) is 0 Å². The minimum Gasteiger partial charge on any atom is -0.383 e. The molecule has 80 valence electrons. The van der Waals surface area contributed by atoms with Gasteiger partial charge in [0.05, 0.1) is 12.8 Å². The molecular weight excluding hydrogens is 178 g/mol. The fraction of sp³-hybridized carbons (Fsp3) is 0.700. The summed E-state index contributed by atoms with van der Waals surface area (Å²) < 4.78 is 6.89. The Balaban J connectivity index is 2.12. The van der Waals surface area contributed by atoms with E-state index in [0.717, 1.165) is 32.7 Å². The summed E-state index contributed by atoms with van der Waals surface area (Å²) >= 11 is 0. The first-order chi connectivity index (χ1) is 6.86. The zero-order valence-electron chi connectivity index (χ0n) is 8.99. The van der Waals surface area contributed by atoms with Crippen molar-refractivity contribution in [2.45, 2.75) is 19.9 Å². The second-order valence-electron chi connectivity index (χ2n) is 3.20. The summed E-state index contributed by atoms with van der Waals surface area (Å²) in [7, 11) is 1.72. The average Bonchev–Trinajstić information content (AvgIpc) is 2.65. The van der Waals surface area contributed by atoms with Gasteiger partial charge in [-0.25, -0.2) is 0 Å². The van der Waals surface area contributed by atoms with E-state index in [-0.39, 0.29) is 0 Å². The van der Waals surface area contributed by atoms with Gasteiger partial charge in [-0.3, -0.25) is 4.68 Å². The van der Waals surface area contributed by atoms with Gasteiger partial charge in [-0.1, -0.05) is 0 Å². The van der Waals surface area contributed by atoms with Crippen LogP contribution in [0, 0.1) is 0 Å². The third-order valence-corrected chi connectivity index (χ3v) is 2.08. The standard InChI is InChI=1S/C10H19N3O/c1-3-13-9-10(8-12-13)4-5-11-6-7-14-2/h8-9,11H,3-7H2,1-2H3. The zero-order chi connectivity index (χ0) is 10.2. The number of nitrogens with one attached hydrogen (secondary N) is 1. The predicted octanol–water partition coefficient (Wildman–Crippen LogP) is 0.681. The Labute approximate surface area is 85.3 Å². The van der Waals surface area contributed by atoms with E-state index in [0.29, 0.717) is 0 Å². The first-order valence-corrected chi connectivity index (χ1v) is 5.07. The summed E-state index contributed by atoms with van der Waals surface area (Å²) in [6.45, 7) is 5.70. The number of hydrogen-bond donors (Lipinski definition) is 1. The van der Waals surface area contributed by atoms with Gasteiger partial charge in [-0.15, -0.1) is 0 Å². The molecule has 1 rings (SSSR count). The van der Waals surface area contributed by atoms with Gasteiger partial charge in [0.15, 0.2) is 0 Å². The second-order valence-corrected chi connectivity index (χ2v) is 3.20. The summed E-state index contributed by atoms with van der Waals surface area (Å²) in [5, 5.41) is 7.51. The van der Waals surface area contributed by atoms with Crippen LogP contribution >= 0.6 is 0 Å². The van der Waals surface area contributed by atoms with Crippen LogP contribution < -0.4 is 5.32 Å². The summed E-state index contributed by atoms with van der Waals surface area (Å²) in [4.78, 5) is 0. The molecule has 0 saturated heterocycles. The molecule has 1 heterocycles. The molecule has 0 spiro atoms. The summed E-state index contributed by atoms with van der Waals surface area (Å²) in [6.07, 6.45) is 5.06. The average molecular weight is 197 g/mol. The van der Waals surface area contributed by atoms with Gasteiger partial charge in [0.25, 0.3) is 0 Å². The second kappa shape index (κ2) is 6.56. The van der Waals surface area contributed by atoms with Gasteiger partial charge >= 0.3 is 0 Å². The molecule has 0 saturated carbocycles. The minimum absolute atomic E-state index is 0.772. The lowest BCUT2D eigenvalue weighted by atomic mass is 10.2. The molecule has 0 aliphatic heterocycles. The number of aryl methyl sites for hydroxylation is 1. The van der Waals surface area contributed by atoms with Crippen LogP contribution in [-0.2, 0) is 17.7 Å². The number of rotatable bonds is 7. The van der Waals surface area contributed by atoms with Gasteiger partial charge in [0.2, 0.25) is 0 Å². The fourth-order valence-electron chi connectivity index (χ4n) is 1.24. The first kappa shape index (κ1) is 11.2. The third-order valence-electron chi connectivity index (χ3n) is 2.08. The van der Waals surface area contributed by atoms with Gasteiger partial charge in [-0.2, -0.15) is 5.10 Å². The highest BCUT2D eigenvalue weighted by molar-refractivity contribution is 5.04. The van der Waals surface area contributed by atoms with Crippen molar-refractivity contribution in [2.24, 2.45) is 0 Å². The molecule has 4 nitrogen and oxygen atoms in total. The lowest BCUT2D eigenvalue weighted by molar-refractivity contribution is 0.199. The lowest BCUT2D eigenvalue weighted by Gasteiger charge is -2.01. The maximum absolute atomic E-state index is 4.94. The van der Waals surface area contributed by atoms with E-state index in [1.807, 2.05) is 10.9 Å². The molecule has 0 bridgehead atoms. The van der Waals surface area contributed by atoms with Crippen molar-refractivity contribution in [1.82, 2.24) is 15.1 Å². The van der Waals surface area contributed by atoms with Crippen LogP contribution in [0.3, 0.4) is 0 Å². The van der Waals surface area contributed by atoms with Crippen LogP contribution in [0.4, 0.5) is 0 Å². The molecule has 0 amide bonds. The normalized spacial score (nSPS) is 10.7. The topological polar surface area (TPSA) is 39.1 Å². The third kappa shape index (κ3) is 3.89. The highest BCUT2D eigenvalue weighted by atomic mass is 16.5. The smallest absolute Gasteiger partial charge is 0.0587 e. The van der Waals surface area contributed by atoms with Crippen molar-refractivity contribution in [3.8, 4) is 0 Å². The van der Waals surface area contributed by atoms with E-state index in [1.54, 1.807) is 7.11 Å². The quantitative estimate of drug-likeness (QED) is 0.653. The first-order valence-electron chi connectivity index (χ1n) is 5.07. The number of hydrogen-bond acceptors (Lipinski definition) is 3. The van der Waals surface area contributed by atoms with Gasteiger partial charge < -0.3 is 10.1 Å². The SMILES string of the molecule is CCn1cc(CCNCCOC)cn1. The van der Waals surface area contributed by atoms with Gasteiger partial charge in [-0.05, 0) is 25.5 Å². The van der Waals surface area contributed by atoms with E-state index in [4.69, 9.17) is 4.74 Å². The van der Waals surface area contributed by atoms with Crippen molar-refractivity contribution < 1.29 is 4.74 Å². The maximum atomic E-state index is 4.94. The van der Waals surface area contributed by atoms with Crippen molar-refractivity contribution in [3.05, 3.63) is 18.0 Å². The molecule has 1 N–H and O–H groups in total. The minimum atomic E-state index is 0.772. The Morgan fingerprint density at radius 3 is 3.00 bits per heavy atom. The summed E-state index contributed by atoms with van der Waals surface area (Å²) in [5.74, 6) is 0. The Kier molecular flexibility index (Phi) is 5.25. The van der Waals surface area contributed by atoms with Crippen molar-refractivity contribution in [2.75, 3.05) is 26.8 Å². The number of aromatic nitrogens is 2. The van der Waals surface area contributed by atoms with E-state index >= 15 is 0 Å². The number of nitrogens with zero attached hydrogens (tertiary/aromatic N) is 2. The molecule has 0 aliphatic rings.